The van der Waals surface area contributed by atoms with Gasteiger partial charge in [-0.3, -0.25) is 9.59 Å². The number of rotatable bonds is 6. The average Bonchev–Trinajstić information content (AvgIpc) is 3.77. The van der Waals surface area contributed by atoms with Crippen LogP contribution in [-0.4, -0.2) is 20.4 Å². The molecule has 0 bridgehead atoms. The van der Waals surface area contributed by atoms with E-state index in [1.807, 2.05) is 0 Å². The minimum absolute atomic E-state index is 0.189. The number of carbonyl (C=O) groups excluding carboxylic acids is 2. The molecule has 0 aliphatic rings. The van der Waals surface area contributed by atoms with Crippen molar-refractivity contribution < 1.29 is 30.4 Å². The molecule has 0 heterocycles. The van der Waals surface area contributed by atoms with Crippen LogP contribution in [0.2, 0.25) is 0 Å². The third kappa shape index (κ3) is 11.3. The molecular weight excluding hydrogens is 785 g/mol. The van der Waals surface area contributed by atoms with E-state index in [1.165, 1.54) is 88.3 Å². The first-order valence-electron chi connectivity index (χ1n) is 18.1. The first-order valence-corrected chi connectivity index (χ1v) is 24.5. The molecular formula is C46H54BCl2N2O2Zr. The summed E-state index contributed by atoms with van der Waals surface area (Å²) in [5, 5.41) is 9.64. The van der Waals surface area contributed by atoms with Crippen LogP contribution in [0.1, 0.15) is 86.1 Å². The van der Waals surface area contributed by atoms with Gasteiger partial charge in [0, 0.05) is 0 Å². The molecule has 0 aliphatic carbocycles. The van der Waals surface area contributed by atoms with Crippen molar-refractivity contribution in [1.29, 1.82) is 0 Å². The molecule has 2 N–H and O–H groups in total. The summed E-state index contributed by atoms with van der Waals surface area (Å²) in [5.41, 5.74) is 17.0. The number of hydrogen-bond acceptors (Lipinski definition) is 2. The molecule has 2 amide bonds. The van der Waals surface area contributed by atoms with E-state index in [1.54, 1.807) is 0 Å². The molecule has 0 saturated heterocycles. The van der Waals surface area contributed by atoms with Crippen molar-refractivity contribution in [1.82, 2.24) is 10.5 Å². The van der Waals surface area contributed by atoms with Gasteiger partial charge < -0.3 is 10.5 Å². The van der Waals surface area contributed by atoms with Gasteiger partial charge in [-0.1, -0.05) is 89.1 Å². The Morgan fingerprint density at radius 3 is 1.22 bits per heavy atom. The molecule has 4 nitrogen and oxygen atoms in total. The Balaban J connectivity index is 0.000000233. The second kappa shape index (κ2) is 19.9. The van der Waals surface area contributed by atoms with Gasteiger partial charge in [0.2, 0.25) is 0 Å². The van der Waals surface area contributed by atoms with E-state index in [2.05, 4.69) is 178 Å². The Morgan fingerprint density at radius 2 is 0.907 bits per heavy atom. The van der Waals surface area contributed by atoms with E-state index < -0.39 is 20.8 Å². The number of hydrogen-bond donors (Lipinski definition) is 2. The summed E-state index contributed by atoms with van der Waals surface area (Å²) >= 11 is -0.826. The Hall–Kier alpha value is -3.43. The summed E-state index contributed by atoms with van der Waals surface area (Å²) in [4.78, 5) is 18.8. The van der Waals surface area contributed by atoms with Crippen LogP contribution < -0.4 is 10.5 Å². The van der Waals surface area contributed by atoms with E-state index in [-0.39, 0.29) is 10.8 Å². The van der Waals surface area contributed by atoms with Crippen LogP contribution in [0, 0.1) is 41.5 Å². The van der Waals surface area contributed by atoms with Crippen molar-refractivity contribution in [2.45, 2.75) is 93.9 Å². The Labute approximate surface area is 343 Å². The van der Waals surface area contributed by atoms with E-state index in [9.17, 15) is 9.59 Å². The monoisotopic (exact) mass is 837 g/mol. The molecule has 0 spiro atoms. The number of halogens is 2. The van der Waals surface area contributed by atoms with Crippen molar-refractivity contribution in [3.05, 3.63) is 129 Å². The molecule has 8 heteroatoms. The third-order valence-electron chi connectivity index (χ3n) is 10.2. The zero-order valence-electron chi connectivity index (χ0n) is 33.9. The van der Waals surface area contributed by atoms with Crippen molar-refractivity contribution >= 4 is 58.9 Å². The van der Waals surface area contributed by atoms with Gasteiger partial charge >= 0.3 is 45.4 Å². The average molecular weight is 840 g/mol. The van der Waals surface area contributed by atoms with Gasteiger partial charge in [0.25, 0.3) is 0 Å². The fraction of sp³-hybridized carbons (Fsp3) is 0.304. The Bertz CT molecular complexity index is 2030. The van der Waals surface area contributed by atoms with E-state index in [0.717, 1.165) is 7.55 Å². The summed E-state index contributed by atoms with van der Waals surface area (Å²) in [6, 6.07) is 31.8. The van der Waals surface area contributed by atoms with Crippen LogP contribution in [0.25, 0.3) is 43.8 Å². The molecule has 6 aromatic carbocycles. The quantitative estimate of drug-likeness (QED) is 0.0760. The summed E-state index contributed by atoms with van der Waals surface area (Å²) in [6.07, 6.45) is 0.910. The summed E-state index contributed by atoms with van der Waals surface area (Å²) in [5.74, 6) is 0. The van der Waals surface area contributed by atoms with E-state index >= 15 is 0 Å². The van der Waals surface area contributed by atoms with Crippen LogP contribution in [0.4, 0.5) is 0 Å². The van der Waals surface area contributed by atoms with Gasteiger partial charge in [0.05, 0.1) is 0 Å². The predicted octanol–water partition coefficient (Wildman–Crippen LogP) is 12.3. The molecule has 0 aliphatic heterocycles. The molecule has 6 aromatic rings. The second-order valence-electron chi connectivity index (χ2n) is 15.7. The third-order valence-corrected chi connectivity index (χ3v) is 10.2. The number of benzene rings is 4. The van der Waals surface area contributed by atoms with Crippen molar-refractivity contribution in [3.63, 3.8) is 0 Å². The van der Waals surface area contributed by atoms with Crippen molar-refractivity contribution in [2.24, 2.45) is 0 Å². The molecule has 0 aromatic heterocycles. The molecule has 281 valence electrons. The Morgan fingerprint density at radius 1 is 0.556 bits per heavy atom. The zero-order valence-corrected chi connectivity index (χ0v) is 37.9. The van der Waals surface area contributed by atoms with Crippen LogP contribution in [0.3, 0.4) is 0 Å². The number of amides is 2. The maximum atomic E-state index is 9.38. The number of nitrogens with one attached hydrogen (secondary N) is 2. The topological polar surface area (TPSA) is 58.2 Å². The Kier molecular flexibility index (Phi) is 16.6. The van der Waals surface area contributed by atoms with Crippen LogP contribution in [-0.2, 0) is 41.3 Å². The van der Waals surface area contributed by atoms with Gasteiger partial charge in [-0.25, -0.2) is 0 Å². The van der Waals surface area contributed by atoms with Crippen LogP contribution >= 0.6 is 17.0 Å². The first kappa shape index (κ1) is 45.0. The second-order valence-corrected chi connectivity index (χ2v) is 19.5. The maximum absolute atomic E-state index is 9.38. The summed E-state index contributed by atoms with van der Waals surface area (Å²) in [7, 11) is 11.0. The molecule has 6 rings (SSSR count). The summed E-state index contributed by atoms with van der Waals surface area (Å²) < 4.78 is 0. The van der Waals surface area contributed by atoms with Gasteiger partial charge in [-0.05, 0) is 96.9 Å². The fourth-order valence-electron chi connectivity index (χ4n) is 6.42. The molecule has 54 heavy (non-hydrogen) atoms. The SMILES string of the molecule is Cc1ccc(-c2cccc3[cH-]c(C(C)(C)C)cc23)c(C)c1C.Cc1ccc(-c2cccc3[cH-]c(C(C)(C)C)cc23)c(C)c1C.O=CN[B]NC=O.[Cl][Zr+2][Cl]. The zero-order chi connectivity index (χ0) is 40.4. The number of carbonyl (C=O) groups is 2. The summed E-state index contributed by atoms with van der Waals surface area (Å²) in [6.45, 7) is 27.0. The van der Waals surface area contributed by atoms with E-state index in [4.69, 9.17) is 17.0 Å². The molecule has 1 radical (unpaired) electrons. The number of fused-ring (bicyclic) bond motifs is 2. The van der Waals surface area contributed by atoms with Gasteiger partial charge in [-0.15, -0.1) is 69.1 Å². The van der Waals surface area contributed by atoms with Crippen molar-refractivity contribution in [3.8, 4) is 22.3 Å². The minimum atomic E-state index is -0.826. The molecule has 0 atom stereocenters. The van der Waals surface area contributed by atoms with Gasteiger partial charge in [0.1, 0.15) is 0 Å². The van der Waals surface area contributed by atoms with Gasteiger partial charge in [0.15, 0.2) is 12.8 Å². The van der Waals surface area contributed by atoms with E-state index in [0.29, 0.717) is 12.8 Å². The standard InChI is InChI=1S/2C22H25.C2H4BN2O2.2ClH.Zr/c2*1-14-10-11-19(16(3)15(14)2)20-9-7-8-17-12-18(13-21(17)20)22(4,5)6;6-1-4-3-5-2-7;;;/h2*7-13H,1-6H3;1-2H,(H,4,6)(H,5,7);2*1H;/q2*-1;;;;+4/p-2. The molecule has 0 fully saturated rings. The fourth-order valence-corrected chi connectivity index (χ4v) is 6.42. The van der Waals surface area contributed by atoms with Gasteiger partial charge in [-0.2, -0.15) is 12.1 Å². The normalized spacial score (nSPS) is 10.9. The predicted molar refractivity (Wildman–Crippen MR) is 232 cm³/mol. The first-order chi connectivity index (χ1) is 25.4. The molecule has 0 saturated carbocycles. The van der Waals surface area contributed by atoms with Crippen molar-refractivity contribution in [2.75, 3.05) is 0 Å². The van der Waals surface area contributed by atoms with Crippen LogP contribution in [0.5, 0.6) is 0 Å². The number of aryl methyl sites for hydroxylation is 2. The molecule has 0 unspecified atom stereocenters. The van der Waals surface area contributed by atoms with Crippen LogP contribution in [0.15, 0.2) is 84.9 Å².